The SMILES string of the molecule is CC1CCNC(CC(=O)C2(Cl)CC2)C1. The van der Waals surface area contributed by atoms with Gasteiger partial charge in [0.2, 0.25) is 0 Å². The molecule has 1 N–H and O–H groups in total. The van der Waals surface area contributed by atoms with Gasteiger partial charge in [-0.1, -0.05) is 6.92 Å². The standard InChI is InChI=1S/C11H18ClNO/c1-8-2-5-13-9(6-8)7-10(14)11(12)3-4-11/h8-9,13H,2-7H2,1H3. The molecule has 80 valence electrons. The molecule has 2 nitrogen and oxygen atoms in total. The van der Waals surface area contributed by atoms with Crippen molar-refractivity contribution in [3.05, 3.63) is 0 Å². The van der Waals surface area contributed by atoms with Gasteiger partial charge in [-0.05, 0) is 38.1 Å². The molecule has 0 aromatic carbocycles. The molecule has 2 fully saturated rings. The second-order valence-corrected chi connectivity index (χ2v) is 5.60. The molecule has 0 aromatic heterocycles. The zero-order chi connectivity index (χ0) is 10.2. The molecular formula is C11H18ClNO. The minimum atomic E-state index is -0.456. The maximum atomic E-state index is 11.7. The second kappa shape index (κ2) is 3.82. The fraction of sp³-hybridized carbons (Fsp3) is 0.909. The summed E-state index contributed by atoms with van der Waals surface area (Å²) in [6, 6.07) is 0.377. The first-order valence-electron chi connectivity index (χ1n) is 5.56. The Morgan fingerprint density at radius 2 is 2.29 bits per heavy atom. The van der Waals surface area contributed by atoms with Gasteiger partial charge in [-0.2, -0.15) is 0 Å². The molecule has 2 atom stereocenters. The van der Waals surface area contributed by atoms with Crippen LogP contribution < -0.4 is 5.32 Å². The Kier molecular flexibility index (Phi) is 2.85. The van der Waals surface area contributed by atoms with Crippen molar-refractivity contribution in [2.45, 2.75) is 49.9 Å². The van der Waals surface area contributed by atoms with Gasteiger partial charge in [0.15, 0.2) is 5.78 Å². The van der Waals surface area contributed by atoms with Crippen LogP contribution in [0.1, 0.15) is 39.0 Å². The molecule has 2 unspecified atom stereocenters. The summed E-state index contributed by atoms with van der Waals surface area (Å²) in [6.07, 6.45) is 4.76. The third-order valence-electron chi connectivity index (χ3n) is 3.38. The summed E-state index contributed by atoms with van der Waals surface area (Å²) in [5, 5.41) is 3.40. The number of nitrogens with one attached hydrogen (secondary N) is 1. The zero-order valence-corrected chi connectivity index (χ0v) is 9.44. The molecule has 1 aliphatic heterocycles. The van der Waals surface area contributed by atoms with Crippen molar-refractivity contribution >= 4 is 17.4 Å². The lowest BCUT2D eigenvalue weighted by molar-refractivity contribution is -0.120. The smallest absolute Gasteiger partial charge is 0.155 e. The number of hydrogen-bond acceptors (Lipinski definition) is 2. The Labute approximate surface area is 90.4 Å². The Balaban J connectivity index is 1.81. The number of rotatable bonds is 3. The Bertz CT molecular complexity index is 237. The summed E-state index contributed by atoms with van der Waals surface area (Å²) < 4.78 is 0. The molecule has 2 aliphatic rings. The highest BCUT2D eigenvalue weighted by Gasteiger charge is 2.47. The topological polar surface area (TPSA) is 29.1 Å². The summed E-state index contributed by atoms with van der Waals surface area (Å²) in [7, 11) is 0. The van der Waals surface area contributed by atoms with E-state index in [4.69, 9.17) is 11.6 Å². The lowest BCUT2D eigenvalue weighted by Crippen LogP contribution is -2.40. The fourth-order valence-corrected chi connectivity index (χ4v) is 2.34. The zero-order valence-electron chi connectivity index (χ0n) is 8.68. The Morgan fingerprint density at radius 1 is 1.57 bits per heavy atom. The van der Waals surface area contributed by atoms with Gasteiger partial charge in [0.25, 0.3) is 0 Å². The van der Waals surface area contributed by atoms with Crippen LogP contribution in [-0.2, 0) is 4.79 Å². The molecule has 1 aliphatic carbocycles. The molecule has 14 heavy (non-hydrogen) atoms. The van der Waals surface area contributed by atoms with Crippen molar-refractivity contribution in [1.29, 1.82) is 0 Å². The van der Waals surface area contributed by atoms with E-state index in [9.17, 15) is 4.79 Å². The minimum absolute atomic E-state index is 0.255. The van der Waals surface area contributed by atoms with E-state index in [2.05, 4.69) is 12.2 Å². The normalized spacial score (nSPS) is 35.3. The van der Waals surface area contributed by atoms with Crippen molar-refractivity contribution in [3.63, 3.8) is 0 Å². The summed E-state index contributed by atoms with van der Waals surface area (Å²) >= 11 is 6.07. The summed E-state index contributed by atoms with van der Waals surface area (Å²) in [5.41, 5.74) is 0. The molecule has 1 saturated carbocycles. The number of ketones is 1. The molecule has 0 bridgehead atoms. The molecule has 0 amide bonds. The maximum absolute atomic E-state index is 11.7. The highest BCUT2D eigenvalue weighted by atomic mass is 35.5. The maximum Gasteiger partial charge on any atom is 0.155 e. The van der Waals surface area contributed by atoms with E-state index in [1.165, 1.54) is 6.42 Å². The van der Waals surface area contributed by atoms with Gasteiger partial charge in [-0.15, -0.1) is 11.6 Å². The van der Waals surface area contributed by atoms with Crippen LogP contribution in [0.4, 0.5) is 0 Å². The van der Waals surface area contributed by atoms with E-state index in [-0.39, 0.29) is 5.78 Å². The van der Waals surface area contributed by atoms with Crippen molar-refractivity contribution in [2.75, 3.05) is 6.54 Å². The Hall–Kier alpha value is -0.0800. The quantitative estimate of drug-likeness (QED) is 0.731. The first kappa shape index (κ1) is 10.4. The molecule has 0 spiro atoms. The van der Waals surface area contributed by atoms with Crippen LogP contribution in [0.3, 0.4) is 0 Å². The van der Waals surface area contributed by atoms with Crippen LogP contribution in [0, 0.1) is 5.92 Å². The summed E-state index contributed by atoms with van der Waals surface area (Å²) in [4.78, 5) is 11.3. The lowest BCUT2D eigenvalue weighted by atomic mass is 9.91. The largest absolute Gasteiger partial charge is 0.314 e. The number of hydrogen-bond donors (Lipinski definition) is 1. The van der Waals surface area contributed by atoms with Crippen LogP contribution in [0.2, 0.25) is 0 Å². The van der Waals surface area contributed by atoms with Gasteiger partial charge >= 0.3 is 0 Å². The van der Waals surface area contributed by atoms with Crippen LogP contribution >= 0.6 is 11.6 Å². The Morgan fingerprint density at radius 3 is 2.86 bits per heavy atom. The van der Waals surface area contributed by atoms with Gasteiger partial charge in [-0.25, -0.2) is 0 Å². The number of Topliss-reactive ketones (excluding diaryl/α,β-unsaturated/α-hetero) is 1. The van der Waals surface area contributed by atoms with Crippen LogP contribution in [0.15, 0.2) is 0 Å². The van der Waals surface area contributed by atoms with Gasteiger partial charge < -0.3 is 5.32 Å². The van der Waals surface area contributed by atoms with Crippen LogP contribution in [0.5, 0.6) is 0 Å². The first-order valence-corrected chi connectivity index (χ1v) is 5.93. The number of carbonyl (C=O) groups excluding carboxylic acids is 1. The molecular weight excluding hydrogens is 198 g/mol. The molecule has 3 heteroatoms. The third-order valence-corrected chi connectivity index (χ3v) is 3.97. The third kappa shape index (κ3) is 2.29. The van der Waals surface area contributed by atoms with E-state index in [1.807, 2.05) is 0 Å². The van der Waals surface area contributed by atoms with Crippen LogP contribution in [0.25, 0.3) is 0 Å². The number of alkyl halides is 1. The van der Waals surface area contributed by atoms with Crippen molar-refractivity contribution in [2.24, 2.45) is 5.92 Å². The lowest BCUT2D eigenvalue weighted by Gasteiger charge is -2.28. The predicted octanol–water partition coefficient (Wildman–Crippen LogP) is 2.11. The van der Waals surface area contributed by atoms with Crippen molar-refractivity contribution in [3.8, 4) is 0 Å². The molecule has 1 heterocycles. The highest BCUT2D eigenvalue weighted by Crippen LogP contribution is 2.44. The van der Waals surface area contributed by atoms with Gasteiger partial charge in [0.05, 0.1) is 0 Å². The van der Waals surface area contributed by atoms with Gasteiger partial charge in [-0.3, -0.25) is 4.79 Å². The van der Waals surface area contributed by atoms with E-state index in [1.54, 1.807) is 0 Å². The average Bonchev–Trinajstić information content (AvgIpc) is 2.85. The monoisotopic (exact) mass is 215 g/mol. The predicted molar refractivity (Wildman–Crippen MR) is 57.6 cm³/mol. The average molecular weight is 216 g/mol. The van der Waals surface area contributed by atoms with E-state index < -0.39 is 4.87 Å². The highest BCUT2D eigenvalue weighted by molar-refractivity contribution is 6.37. The van der Waals surface area contributed by atoms with Crippen LogP contribution in [-0.4, -0.2) is 23.2 Å². The van der Waals surface area contributed by atoms with E-state index in [0.717, 1.165) is 31.7 Å². The number of carbonyl (C=O) groups is 1. The molecule has 0 radical (unpaired) electrons. The second-order valence-electron chi connectivity index (χ2n) is 4.87. The van der Waals surface area contributed by atoms with Gasteiger partial charge in [0, 0.05) is 12.5 Å². The summed E-state index contributed by atoms with van der Waals surface area (Å²) in [6.45, 7) is 3.31. The molecule has 1 saturated heterocycles. The number of halogens is 1. The minimum Gasteiger partial charge on any atom is -0.314 e. The van der Waals surface area contributed by atoms with Crippen molar-refractivity contribution in [1.82, 2.24) is 5.32 Å². The van der Waals surface area contributed by atoms with E-state index >= 15 is 0 Å². The fourth-order valence-electron chi connectivity index (χ4n) is 2.17. The van der Waals surface area contributed by atoms with Crippen molar-refractivity contribution < 1.29 is 4.79 Å². The van der Waals surface area contributed by atoms with Gasteiger partial charge in [0.1, 0.15) is 4.87 Å². The first-order chi connectivity index (χ1) is 6.60. The molecule has 2 rings (SSSR count). The number of piperidine rings is 1. The molecule has 0 aromatic rings. The van der Waals surface area contributed by atoms with E-state index in [0.29, 0.717) is 12.5 Å². The summed E-state index contributed by atoms with van der Waals surface area (Å²) in [5.74, 6) is 1.00.